The third-order valence-corrected chi connectivity index (χ3v) is 3.95. The van der Waals surface area contributed by atoms with E-state index >= 15 is 0 Å². The monoisotopic (exact) mass is 320 g/mol. The van der Waals surface area contributed by atoms with Gasteiger partial charge in [-0.25, -0.2) is 4.39 Å². The molecule has 3 rings (SSSR count). The molecular formula is C17H18ClFN2O. The van der Waals surface area contributed by atoms with Crippen LogP contribution in [0.3, 0.4) is 0 Å². The number of carbonyl (C=O) groups excluding carboxylic acids is 1. The molecule has 0 spiro atoms. The predicted molar refractivity (Wildman–Crippen MR) is 86.1 cm³/mol. The van der Waals surface area contributed by atoms with Gasteiger partial charge < -0.3 is 10.6 Å². The standard InChI is InChI=1S/C17H17FN2O.ClH/c18-15-8-4-7-13-11-20(10-9-14(13)15)17(21)16(19)12-5-2-1-3-6-12;/h1-8,16H,9-11,19H2;1H. The van der Waals surface area contributed by atoms with Gasteiger partial charge in [0.05, 0.1) is 0 Å². The molecule has 0 aliphatic carbocycles. The topological polar surface area (TPSA) is 46.3 Å². The fourth-order valence-corrected chi connectivity index (χ4v) is 2.75. The number of amides is 1. The van der Waals surface area contributed by atoms with Crippen molar-refractivity contribution in [3.8, 4) is 0 Å². The summed E-state index contributed by atoms with van der Waals surface area (Å²) in [5.41, 5.74) is 8.44. The lowest BCUT2D eigenvalue weighted by atomic mass is 9.98. The van der Waals surface area contributed by atoms with Gasteiger partial charge in [0.2, 0.25) is 5.91 Å². The van der Waals surface area contributed by atoms with Crippen LogP contribution in [0.5, 0.6) is 0 Å². The number of benzene rings is 2. The minimum atomic E-state index is -0.665. The molecule has 0 saturated carbocycles. The Morgan fingerprint density at radius 1 is 1.14 bits per heavy atom. The van der Waals surface area contributed by atoms with Crippen LogP contribution in [0.15, 0.2) is 48.5 Å². The Labute approximate surface area is 135 Å². The maximum atomic E-state index is 13.7. The minimum absolute atomic E-state index is 0. The lowest BCUT2D eigenvalue weighted by Crippen LogP contribution is -2.41. The molecule has 2 aromatic carbocycles. The van der Waals surface area contributed by atoms with Crippen molar-refractivity contribution in [1.82, 2.24) is 4.90 Å². The largest absolute Gasteiger partial charge is 0.336 e. The average Bonchev–Trinajstić information content (AvgIpc) is 2.54. The van der Waals surface area contributed by atoms with Gasteiger partial charge in [-0.3, -0.25) is 4.79 Å². The molecule has 2 N–H and O–H groups in total. The summed E-state index contributed by atoms with van der Waals surface area (Å²) in [6, 6.07) is 13.7. The van der Waals surface area contributed by atoms with Crippen molar-refractivity contribution in [3.63, 3.8) is 0 Å². The molecule has 1 aliphatic rings. The van der Waals surface area contributed by atoms with Gasteiger partial charge in [-0.1, -0.05) is 42.5 Å². The first-order chi connectivity index (χ1) is 10.2. The Morgan fingerprint density at radius 3 is 2.59 bits per heavy atom. The summed E-state index contributed by atoms with van der Waals surface area (Å²) in [7, 11) is 0. The molecule has 116 valence electrons. The van der Waals surface area contributed by atoms with Gasteiger partial charge in [-0.2, -0.15) is 0 Å². The summed E-state index contributed by atoms with van der Waals surface area (Å²) in [5, 5.41) is 0. The first-order valence-corrected chi connectivity index (χ1v) is 7.02. The molecule has 2 aromatic rings. The molecular weight excluding hydrogens is 303 g/mol. The summed E-state index contributed by atoms with van der Waals surface area (Å²) in [5.74, 6) is -0.303. The second kappa shape index (κ2) is 6.90. The fourth-order valence-electron chi connectivity index (χ4n) is 2.75. The molecule has 0 radical (unpaired) electrons. The highest BCUT2D eigenvalue weighted by Crippen LogP contribution is 2.23. The number of hydrogen-bond donors (Lipinski definition) is 1. The molecule has 1 amide bonds. The van der Waals surface area contributed by atoms with Crippen molar-refractivity contribution in [2.24, 2.45) is 5.73 Å². The van der Waals surface area contributed by atoms with Crippen LogP contribution in [0, 0.1) is 5.82 Å². The first-order valence-electron chi connectivity index (χ1n) is 7.02. The van der Waals surface area contributed by atoms with Crippen molar-refractivity contribution in [2.75, 3.05) is 6.54 Å². The molecule has 1 unspecified atom stereocenters. The number of hydrogen-bond acceptors (Lipinski definition) is 2. The molecule has 22 heavy (non-hydrogen) atoms. The summed E-state index contributed by atoms with van der Waals surface area (Å²) in [6.07, 6.45) is 0.537. The molecule has 1 aliphatic heterocycles. The maximum Gasteiger partial charge on any atom is 0.244 e. The lowest BCUT2D eigenvalue weighted by Gasteiger charge is -2.31. The van der Waals surface area contributed by atoms with Gasteiger partial charge in [-0.05, 0) is 29.2 Å². The van der Waals surface area contributed by atoms with Crippen LogP contribution in [-0.4, -0.2) is 17.4 Å². The van der Waals surface area contributed by atoms with E-state index in [1.807, 2.05) is 36.4 Å². The highest BCUT2D eigenvalue weighted by atomic mass is 35.5. The van der Waals surface area contributed by atoms with Gasteiger partial charge >= 0.3 is 0 Å². The smallest absolute Gasteiger partial charge is 0.244 e. The van der Waals surface area contributed by atoms with Gasteiger partial charge in [0.15, 0.2) is 0 Å². The molecule has 0 bridgehead atoms. The molecule has 5 heteroatoms. The normalized spacial score (nSPS) is 14.7. The van der Waals surface area contributed by atoms with Crippen LogP contribution in [0.25, 0.3) is 0 Å². The summed E-state index contributed by atoms with van der Waals surface area (Å²) in [6.45, 7) is 0.930. The molecule has 0 fully saturated rings. The highest BCUT2D eigenvalue weighted by molar-refractivity contribution is 5.85. The zero-order chi connectivity index (χ0) is 14.8. The highest BCUT2D eigenvalue weighted by Gasteiger charge is 2.26. The van der Waals surface area contributed by atoms with E-state index in [2.05, 4.69) is 0 Å². The van der Waals surface area contributed by atoms with E-state index in [1.54, 1.807) is 11.0 Å². The molecule has 0 aromatic heterocycles. The van der Waals surface area contributed by atoms with E-state index in [0.717, 1.165) is 16.7 Å². The molecule has 1 atom stereocenters. The Morgan fingerprint density at radius 2 is 1.86 bits per heavy atom. The first kappa shape index (κ1) is 16.5. The quantitative estimate of drug-likeness (QED) is 0.925. The zero-order valence-corrected chi connectivity index (χ0v) is 12.9. The lowest BCUT2D eigenvalue weighted by molar-refractivity contribution is -0.133. The Hall–Kier alpha value is -1.91. The maximum absolute atomic E-state index is 13.7. The molecule has 3 nitrogen and oxygen atoms in total. The number of nitrogens with two attached hydrogens (primary N) is 1. The van der Waals surface area contributed by atoms with Crippen LogP contribution in [0.1, 0.15) is 22.7 Å². The second-order valence-electron chi connectivity index (χ2n) is 5.28. The summed E-state index contributed by atoms with van der Waals surface area (Å²) < 4.78 is 13.7. The van der Waals surface area contributed by atoms with Crippen LogP contribution >= 0.6 is 12.4 Å². The zero-order valence-electron chi connectivity index (χ0n) is 12.0. The molecule has 1 heterocycles. The predicted octanol–water partition coefficient (Wildman–Crippen LogP) is 2.83. The van der Waals surface area contributed by atoms with E-state index < -0.39 is 6.04 Å². The van der Waals surface area contributed by atoms with Crippen molar-refractivity contribution in [3.05, 3.63) is 71.0 Å². The van der Waals surface area contributed by atoms with Gasteiger partial charge in [0, 0.05) is 13.1 Å². The fraction of sp³-hybridized carbons (Fsp3) is 0.235. The van der Waals surface area contributed by atoms with Crippen molar-refractivity contribution < 1.29 is 9.18 Å². The van der Waals surface area contributed by atoms with Gasteiger partial charge in [-0.15, -0.1) is 12.4 Å². The van der Waals surface area contributed by atoms with Crippen LogP contribution in [0.2, 0.25) is 0 Å². The number of rotatable bonds is 2. The number of carbonyl (C=O) groups is 1. The van der Waals surface area contributed by atoms with Gasteiger partial charge in [0.1, 0.15) is 11.9 Å². The van der Waals surface area contributed by atoms with Crippen LogP contribution < -0.4 is 5.73 Å². The van der Waals surface area contributed by atoms with E-state index in [-0.39, 0.29) is 24.1 Å². The van der Waals surface area contributed by atoms with Crippen molar-refractivity contribution in [1.29, 1.82) is 0 Å². The second-order valence-corrected chi connectivity index (χ2v) is 5.28. The van der Waals surface area contributed by atoms with Crippen molar-refractivity contribution >= 4 is 18.3 Å². The Bertz CT molecular complexity index is 663. The summed E-state index contributed by atoms with van der Waals surface area (Å²) in [4.78, 5) is 14.2. The Kier molecular flexibility index (Phi) is 5.16. The third-order valence-electron chi connectivity index (χ3n) is 3.95. The van der Waals surface area contributed by atoms with Crippen LogP contribution in [-0.2, 0) is 17.8 Å². The average molecular weight is 321 g/mol. The molecule has 0 saturated heterocycles. The van der Waals surface area contributed by atoms with Crippen molar-refractivity contribution in [2.45, 2.75) is 19.0 Å². The SMILES string of the molecule is Cl.NC(C(=O)N1CCc2c(F)cccc2C1)c1ccccc1. The number of nitrogens with zero attached hydrogens (tertiary/aromatic N) is 1. The number of fused-ring (bicyclic) bond motifs is 1. The van der Waals surface area contributed by atoms with E-state index in [1.165, 1.54) is 6.07 Å². The number of halogens is 2. The van der Waals surface area contributed by atoms with Crippen LogP contribution in [0.4, 0.5) is 4.39 Å². The Balaban J connectivity index is 0.00000176. The van der Waals surface area contributed by atoms with Gasteiger partial charge in [0.25, 0.3) is 0 Å². The minimum Gasteiger partial charge on any atom is -0.336 e. The van der Waals surface area contributed by atoms with E-state index in [9.17, 15) is 9.18 Å². The van der Waals surface area contributed by atoms with E-state index in [4.69, 9.17) is 5.73 Å². The third kappa shape index (κ3) is 3.13. The summed E-state index contributed by atoms with van der Waals surface area (Å²) >= 11 is 0. The van der Waals surface area contributed by atoms with E-state index in [0.29, 0.717) is 19.5 Å².